The molecule has 0 bridgehead atoms. The average molecular weight is 455 g/mol. The highest BCUT2D eigenvalue weighted by Gasteiger charge is 2.25. The number of aromatic nitrogens is 2. The molecule has 4 rings (SSSR count). The molecular weight excluding hydrogens is 428 g/mol. The zero-order valence-corrected chi connectivity index (χ0v) is 19.4. The van der Waals surface area contributed by atoms with E-state index in [-0.39, 0.29) is 19.0 Å². The van der Waals surface area contributed by atoms with Crippen LogP contribution < -0.4 is 0 Å². The van der Waals surface area contributed by atoms with Gasteiger partial charge in [0.25, 0.3) is 5.69 Å². The van der Waals surface area contributed by atoms with Crippen molar-refractivity contribution < 1.29 is 19.6 Å². The predicted molar refractivity (Wildman–Crippen MR) is 123 cm³/mol. The van der Waals surface area contributed by atoms with E-state index in [4.69, 9.17) is 4.74 Å². The van der Waals surface area contributed by atoms with E-state index in [1.807, 2.05) is 18.2 Å². The highest BCUT2D eigenvalue weighted by molar-refractivity contribution is 6.76. The molecule has 1 amide bonds. The van der Waals surface area contributed by atoms with E-state index in [1.54, 1.807) is 16.9 Å². The number of amides is 1. The maximum absolute atomic E-state index is 11.9. The molecule has 0 fully saturated rings. The number of nitrogens with zero attached hydrogens (tertiary/aromatic N) is 4. The molecule has 2 aromatic carbocycles. The van der Waals surface area contributed by atoms with Crippen LogP contribution in [0.3, 0.4) is 0 Å². The molecule has 32 heavy (non-hydrogen) atoms. The molecule has 0 saturated carbocycles. The number of hydrogen-bond donors (Lipinski definition) is 1. The molecule has 3 aromatic rings. The van der Waals surface area contributed by atoms with Gasteiger partial charge in [-0.1, -0.05) is 31.8 Å². The number of hydrogen-bond acceptors (Lipinski definition) is 5. The fraction of sp³-hybridized carbons (Fsp3) is 0.364. The molecule has 0 spiro atoms. The predicted octanol–water partition coefficient (Wildman–Crippen LogP) is 4.92. The molecule has 9 nitrogen and oxygen atoms in total. The smallest absolute Gasteiger partial charge is 0.407 e. The first-order chi connectivity index (χ1) is 15.1. The van der Waals surface area contributed by atoms with Crippen LogP contribution in [-0.2, 0) is 24.6 Å². The lowest BCUT2D eigenvalue weighted by atomic mass is 9.98. The van der Waals surface area contributed by atoms with E-state index in [0.717, 1.165) is 22.6 Å². The third-order valence-corrected chi connectivity index (χ3v) is 7.38. The second-order valence-corrected chi connectivity index (χ2v) is 14.9. The van der Waals surface area contributed by atoms with Crippen molar-refractivity contribution in [1.82, 2.24) is 14.7 Å². The van der Waals surface area contributed by atoms with Crippen molar-refractivity contribution >= 4 is 30.8 Å². The van der Waals surface area contributed by atoms with Crippen LogP contribution in [0.2, 0.25) is 25.7 Å². The topological polar surface area (TPSA) is 111 Å². The average Bonchev–Trinajstić information content (AvgIpc) is 3.32. The molecule has 2 heterocycles. The lowest BCUT2D eigenvalue weighted by Gasteiger charge is -2.15. The number of nitro groups is 1. The van der Waals surface area contributed by atoms with Gasteiger partial charge in [0.15, 0.2) is 0 Å². The van der Waals surface area contributed by atoms with Gasteiger partial charge in [0.05, 0.1) is 22.2 Å². The molecular formula is C22H26N4O5Si. The van der Waals surface area contributed by atoms with E-state index in [2.05, 4.69) is 24.7 Å². The first-order valence-electron chi connectivity index (χ1n) is 10.4. The van der Waals surface area contributed by atoms with E-state index in [1.165, 1.54) is 11.0 Å². The third kappa shape index (κ3) is 4.51. The summed E-state index contributed by atoms with van der Waals surface area (Å²) in [5, 5.41) is 26.3. The summed E-state index contributed by atoms with van der Waals surface area (Å²) in [6.45, 7) is 8.33. The summed E-state index contributed by atoms with van der Waals surface area (Å²) in [5.41, 5.74) is 3.58. The maximum atomic E-state index is 11.9. The number of nitro benzene ring substituents is 1. The molecule has 0 unspecified atom stereocenters. The van der Waals surface area contributed by atoms with Gasteiger partial charge in [-0.2, -0.15) is 5.10 Å². The molecule has 10 heteroatoms. The van der Waals surface area contributed by atoms with Crippen LogP contribution >= 0.6 is 0 Å². The minimum atomic E-state index is -1.20. The molecule has 1 N–H and O–H groups in total. The van der Waals surface area contributed by atoms with Crippen LogP contribution in [-0.4, -0.2) is 45.5 Å². The minimum absolute atomic E-state index is 0.0191. The Bertz CT molecular complexity index is 1200. The van der Waals surface area contributed by atoms with Gasteiger partial charge in [0, 0.05) is 39.2 Å². The van der Waals surface area contributed by atoms with Crippen molar-refractivity contribution in [2.24, 2.45) is 0 Å². The number of benzene rings is 2. The van der Waals surface area contributed by atoms with E-state index in [9.17, 15) is 20.0 Å². The molecule has 0 saturated heterocycles. The monoisotopic (exact) mass is 454 g/mol. The number of rotatable bonds is 7. The molecule has 0 atom stereocenters. The Morgan fingerprint density at radius 2 is 1.97 bits per heavy atom. The van der Waals surface area contributed by atoms with Crippen LogP contribution in [0.25, 0.3) is 22.0 Å². The Labute approximate surface area is 186 Å². The van der Waals surface area contributed by atoms with E-state index < -0.39 is 19.1 Å². The van der Waals surface area contributed by atoms with Crippen molar-refractivity contribution in [3.63, 3.8) is 0 Å². The number of ether oxygens (including phenoxy) is 1. The molecule has 1 aliphatic rings. The lowest BCUT2D eigenvalue weighted by molar-refractivity contribution is -0.384. The lowest BCUT2D eigenvalue weighted by Crippen LogP contribution is -2.22. The second-order valence-electron chi connectivity index (χ2n) is 9.30. The summed E-state index contributed by atoms with van der Waals surface area (Å²) in [6, 6.07) is 9.84. The van der Waals surface area contributed by atoms with Crippen LogP contribution in [0, 0.1) is 10.1 Å². The first-order valence-corrected chi connectivity index (χ1v) is 14.1. The number of fused-ring (bicyclic) bond motifs is 2. The largest absolute Gasteiger partial charge is 0.465 e. The van der Waals surface area contributed by atoms with Gasteiger partial charge in [-0.3, -0.25) is 15.0 Å². The molecule has 1 aromatic heterocycles. The van der Waals surface area contributed by atoms with Gasteiger partial charge in [0.2, 0.25) is 0 Å². The van der Waals surface area contributed by atoms with Gasteiger partial charge in [-0.15, -0.1) is 0 Å². The summed E-state index contributed by atoms with van der Waals surface area (Å²) in [4.78, 5) is 24.1. The van der Waals surface area contributed by atoms with Crippen molar-refractivity contribution in [3.05, 3.63) is 57.8 Å². The Morgan fingerprint density at radius 3 is 2.66 bits per heavy atom. The van der Waals surface area contributed by atoms with Gasteiger partial charge in [-0.25, -0.2) is 9.48 Å². The number of carbonyl (C=O) groups is 1. The third-order valence-electron chi connectivity index (χ3n) is 5.68. The Kier molecular flexibility index (Phi) is 5.74. The summed E-state index contributed by atoms with van der Waals surface area (Å²) in [5.74, 6) is 0. The highest BCUT2D eigenvalue weighted by atomic mass is 28.3. The van der Waals surface area contributed by atoms with Crippen molar-refractivity contribution in [1.29, 1.82) is 0 Å². The Morgan fingerprint density at radius 1 is 1.22 bits per heavy atom. The van der Waals surface area contributed by atoms with Crippen LogP contribution in [0.4, 0.5) is 10.5 Å². The first kappa shape index (κ1) is 22.0. The van der Waals surface area contributed by atoms with Gasteiger partial charge < -0.3 is 9.84 Å². The van der Waals surface area contributed by atoms with Crippen LogP contribution in [0.1, 0.15) is 11.1 Å². The molecule has 1 aliphatic heterocycles. The summed E-state index contributed by atoms with van der Waals surface area (Å²) < 4.78 is 7.41. The van der Waals surface area contributed by atoms with E-state index >= 15 is 0 Å². The quantitative estimate of drug-likeness (QED) is 0.235. The molecule has 0 radical (unpaired) electrons. The zero-order chi connectivity index (χ0) is 23.0. The van der Waals surface area contributed by atoms with Crippen LogP contribution in [0.5, 0.6) is 0 Å². The van der Waals surface area contributed by atoms with Crippen LogP contribution in [0.15, 0.2) is 36.5 Å². The SMILES string of the molecule is C[Si](C)(C)CCOCn1ncc2cc(-c3ccc4c(c3)CN(C(=O)O)C4)c([N+](=O)[O-])cc21. The Hall–Kier alpha value is -3.24. The van der Waals surface area contributed by atoms with Gasteiger partial charge in [-0.05, 0) is 34.9 Å². The highest BCUT2D eigenvalue weighted by Crippen LogP contribution is 2.36. The standard InChI is InChI=1S/C22H26N4O5Si/c1-32(2,3)7-6-31-14-25-20-10-21(26(29)30)19(9-17(20)11-23-25)15-4-5-16-12-24(22(27)28)13-18(16)8-15/h4-5,8-11H,6-7,12-14H2,1-3H3,(H,27,28). The Balaban J connectivity index is 1.64. The van der Waals surface area contributed by atoms with Crippen molar-refractivity contribution in [2.75, 3.05) is 6.61 Å². The molecule has 0 aliphatic carbocycles. The fourth-order valence-corrected chi connectivity index (χ4v) is 4.58. The van der Waals surface area contributed by atoms with Crippen molar-refractivity contribution in [3.8, 4) is 11.1 Å². The van der Waals surface area contributed by atoms with Gasteiger partial charge >= 0.3 is 6.09 Å². The summed E-state index contributed by atoms with van der Waals surface area (Å²) in [6.07, 6.45) is 0.707. The second kappa shape index (κ2) is 8.36. The summed E-state index contributed by atoms with van der Waals surface area (Å²) in [7, 11) is -1.20. The summed E-state index contributed by atoms with van der Waals surface area (Å²) >= 11 is 0. The fourth-order valence-electron chi connectivity index (χ4n) is 3.83. The normalized spacial score (nSPS) is 13.5. The number of carboxylic acid groups (broad SMARTS) is 1. The van der Waals surface area contributed by atoms with E-state index in [0.29, 0.717) is 29.8 Å². The maximum Gasteiger partial charge on any atom is 0.407 e. The van der Waals surface area contributed by atoms with Gasteiger partial charge in [0.1, 0.15) is 6.73 Å². The molecule has 168 valence electrons. The zero-order valence-electron chi connectivity index (χ0n) is 18.4. The minimum Gasteiger partial charge on any atom is -0.465 e. The van der Waals surface area contributed by atoms with Crippen molar-refractivity contribution in [2.45, 2.75) is 45.5 Å².